The summed E-state index contributed by atoms with van der Waals surface area (Å²) in [5.74, 6) is 3.22. The minimum Gasteiger partial charge on any atom is -0.393 e. The van der Waals surface area contributed by atoms with Gasteiger partial charge in [-0.1, -0.05) is 46.8 Å². The van der Waals surface area contributed by atoms with Crippen LogP contribution in [-0.4, -0.2) is 22.4 Å². The van der Waals surface area contributed by atoms with Crippen LogP contribution in [0.4, 0.5) is 0 Å². The van der Waals surface area contributed by atoms with E-state index >= 15 is 0 Å². The molecule has 2 spiro atoms. The van der Waals surface area contributed by atoms with E-state index in [9.17, 15) is 10.2 Å². The lowest BCUT2D eigenvalue weighted by Gasteiger charge is -2.62. The van der Waals surface area contributed by atoms with E-state index in [0.29, 0.717) is 39.4 Å². The molecule has 2 N–H and O–H groups in total. The molecule has 5 aliphatic rings. The molecule has 0 aromatic rings. The van der Waals surface area contributed by atoms with E-state index in [0.717, 1.165) is 37.5 Å². The zero-order valence-corrected chi connectivity index (χ0v) is 20.9. The van der Waals surface area contributed by atoms with Gasteiger partial charge < -0.3 is 10.2 Å². The van der Waals surface area contributed by atoms with E-state index < -0.39 is 0 Å². The van der Waals surface area contributed by atoms with Crippen molar-refractivity contribution < 1.29 is 10.2 Å². The van der Waals surface area contributed by atoms with Crippen molar-refractivity contribution in [3.05, 3.63) is 12.2 Å². The molecule has 0 aromatic heterocycles. The van der Waals surface area contributed by atoms with Gasteiger partial charge in [0.25, 0.3) is 0 Å². The molecular formula is C29H48O2. The van der Waals surface area contributed by atoms with Gasteiger partial charge in [-0.15, -0.1) is 0 Å². The Hall–Kier alpha value is -0.340. The molecule has 0 amide bonds. The number of aliphatic hydroxyl groups excluding tert-OH is 2. The Labute approximate surface area is 191 Å². The van der Waals surface area contributed by atoms with Crippen LogP contribution >= 0.6 is 0 Å². The van der Waals surface area contributed by atoms with Gasteiger partial charge in [-0.2, -0.15) is 0 Å². The first-order valence-electron chi connectivity index (χ1n) is 13.5. The highest BCUT2D eigenvalue weighted by Crippen LogP contribution is 2.87. The summed E-state index contributed by atoms with van der Waals surface area (Å²) in [7, 11) is 0. The minimum atomic E-state index is -0.194. The number of hydrogen-bond acceptors (Lipinski definition) is 2. The fraction of sp³-hybridized carbons (Fsp3) is 0.931. The van der Waals surface area contributed by atoms with Crippen molar-refractivity contribution in [2.75, 3.05) is 0 Å². The number of fused-ring (bicyclic) bond motifs is 2. The second kappa shape index (κ2) is 7.08. The number of rotatable bonds is 5. The van der Waals surface area contributed by atoms with Crippen molar-refractivity contribution in [3.63, 3.8) is 0 Å². The number of hydrogen-bond donors (Lipinski definition) is 2. The van der Waals surface area contributed by atoms with E-state index in [1.807, 2.05) is 0 Å². The van der Waals surface area contributed by atoms with Gasteiger partial charge in [-0.25, -0.2) is 0 Å². The van der Waals surface area contributed by atoms with Crippen LogP contribution in [-0.2, 0) is 0 Å². The van der Waals surface area contributed by atoms with E-state index in [2.05, 4.69) is 41.2 Å². The van der Waals surface area contributed by atoms with E-state index in [1.54, 1.807) is 0 Å². The molecular weight excluding hydrogens is 380 g/mol. The Morgan fingerprint density at radius 2 is 1.68 bits per heavy atom. The van der Waals surface area contributed by atoms with Crippen molar-refractivity contribution in [2.24, 2.45) is 51.2 Å². The van der Waals surface area contributed by atoms with Gasteiger partial charge in [0.1, 0.15) is 0 Å². The van der Waals surface area contributed by atoms with Crippen LogP contribution in [0.5, 0.6) is 0 Å². The molecule has 0 unspecified atom stereocenters. The third-order valence-electron chi connectivity index (χ3n) is 12.6. The molecule has 31 heavy (non-hydrogen) atoms. The van der Waals surface area contributed by atoms with Crippen molar-refractivity contribution >= 4 is 0 Å². The van der Waals surface area contributed by atoms with Gasteiger partial charge in [-0.05, 0) is 122 Å². The summed E-state index contributed by atoms with van der Waals surface area (Å²) in [4.78, 5) is 0. The zero-order chi connectivity index (χ0) is 22.4. The summed E-state index contributed by atoms with van der Waals surface area (Å²) < 4.78 is 0. The molecule has 0 aromatic carbocycles. The van der Waals surface area contributed by atoms with Crippen LogP contribution in [0.3, 0.4) is 0 Å². The Balaban J connectivity index is 1.39. The molecule has 2 nitrogen and oxygen atoms in total. The molecule has 2 heteroatoms. The lowest BCUT2D eigenvalue weighted by atomic mass is 9.43. The topological polar surface area (TPSA) is 40.5 Å². The molecule has 176 valence electrons. The SMILES string of the molecule is C=C(CC[C@@H](C)[C@H]1CC[C@@]2(C)[C@H]3C[C@H](O)[C@H]4C[C@@H](O)CC[C@@]45C[C@@]35CC[C@]12C)C(C)C. The Morgan fingerprint density at radius 3 is 2.39 bits per heavy atom. The van der Waals surface area contributed by atoms with Crippen LogP contribution in [0.2, 0.25) is 0 Å². The maximum absolute atomic E-state index is 11.3. The van der Waals surface area contributed by atoms with Crippen molar-refractivity contribution in [3.8, 4) is 0 Å². The smallest absolute Gasteiger partial charge is 0.0577 e. The first-order chi connectivity index (χ1) is 14.5. The standard InChI is InChI=1S/C29H48O2/c1-18(2)19(3)7-8-20(4)22-10-11-27(6)25-16-24(31)23-15-21(30)9-12-28(23)17-29(25,28)14-13-26(22,27)5/h18,20-25,30-31H,3,7-17H2,1-2,4-6H3/t20-,21+,22-,23-,24+,25-,26-,27+,28-,29+/m1/s1. The van der Waals surface area contributed by atoms with Gasteiger partial charge in [0, 0.05) is 0 Å². The summed E-state index contributed by atoms with van der Waals surface area (Å²) in [5, 5.41) is 21.7. The van der Waals surface area contributed by atoms with E-state index in [-0.39, 0.29) is 12.2 Å². The largest absolute Gasteiger partial charge is 0.393 e. The predicted octanol–water partition coefficient (Wildman–Crippen LogP) is 6.75. The van der Waals surface area contributed by atoms with Crippen LogP contribution in [0.15, 0.2) is 12.2 Å². The van der Waals surface area contributed by atoms with Crippen LogP contribution in [0, 0.1) is 51.2 Å². The number of allylic oxidation sites excluding steroid dienone is 1. The van der Waals surface area contributed by atoms with Gasteiger partial charge >= 0.3 is 0 Å². The predicted molar refractivity (Wildman–Crippen MR) is 127 cm³/mol. The summed E-state index contributed by atoms with van der Waals surface area (Å²) >= 11 is 0. The molecule has 0 bridgehead atoms. The average Bonchev–Trinajstić information content (AvgIpc) is 3.29. The first-order valence-corrected chi connectivity index (χ1v) is 13.5. The lowest BCUT2D eigenvalue weighted by Crippen LogP contribution is -2.57. The van der Waals surface area contributed by atoms with Crippen LogP contribution in [0.1, 0.15) is 105 Å². The molecule has 0 radical (unpaired) electrons. The molecule has 5 fully saturated rings. The fourth-order valence-electron chi connectivity index (χ4n) is 10.4. The van der Waals surface area contributed by atoms with Gasteiger partial charge in [0.2, 0.25) is 0 Å². The molecule has 10 atom stereocenters. The first kappa shape index (κ1) is 22.5. The summed E-state index contributed by atoms with van der Waals surface area (Å²) in [6.07, 6.45) is 12.9. The number of aliphatic hydroxyl groups is 2. The molecule has 5 rings (SSSR count). The maximum atomic E-state index is 11.3. The minimum absolute atomic E-state index is 0.179. The van der Waals surface area contributed by atoms with E-state index in [1.165, 1.54) is 50.5 Å². The van der Waals surface area contributed by atoms with Crippen molar-refractivity contribution in [1.29, 1.82) is 0 Å². The summed E-state index contributed by atoms with van der Waals surface area (Å²) in [5.41, 5.74) is 3.03. The third kappa shape index (κ3) is 2.82. The van der Waals surface area contributed by atoms with Crippen LogP contribution < -0.4 is 0 Å². The van der Waals surface area contributed by atoms with Gasteiger partial charge in [-0.3, -0.25) is 0 Å². The fourth-order valence-corrected chi connectivity index (χ4v) is 10.4. The molecule has 5 aliphatic carbocycles. The highest BCUT2D eigenvalue weighted by Gasteiger charge is 2.81. The third-order valence-corrected chi connectivity index (χ3v) is 12.6. The van der Waals surface area contributed by atoms with Gasteiger partial charge in [0.05, 0.1) is 12.2 Å². The van der Waals surface area contributed by atoms with Gasteiger partial charge in [0.15, 0.2) is 0 Å². The second-order valence-corrected chi connectivity index (χ2v) is 13.7. The normalized spacial score (nSPS) is 53.9. The average molecular weight is 429 g/mol. The second-order valence-electron chi connectivity index (χ2n) is 13.7. The molecule has 5 saturated carbocycles. The quantitative estimate of drug-likeness (QED) is 0.475. The highest BCUT2D eigenvalue weighted by molar-refractivity contribution is 5.30. The maximum Gasteiger partial charge on any atom is 0.0577 e. The van der Waals surface area contributed by atoms with Crippen molar-refractivity contribution in [2.45, 2.75) is 117 Å². The summed E-state index contributed by atoms with van der Waals surface area (Å²) in [6.45, 7) is 16.7. The van der Waals surface area contributed by atoms with E-state index in [4.69, 9.17) is 0 Å². The lowest BCUT2D eigenvalue weighted by molar-refractivity contribution is -0.164. The summed E-state index contributed by atoms with van der Waals surface area (Å²) in [6, 6.07) is 0. The Kier molecular flexibility index (Phi) is 5.13. The highest BCUT2D eigenvalue weighted by atomic mass is 16.3. The molecule has 0 heterocycles. The van der Waals surface area contributed by atoms with Crippen molar-refractivity contribution in [1.82, 2.24) is 0 Å². The molecule has 0 aliphatic heterocycles. The molecule has 0 saturated heterocycles. The Bertz CT molecular complexity index is 743. The zero-order valence-electron chi connectivity index (χ0n) is 20.9. The van der Waals surface area contributed by atoms with Crippen LogP contribution in [0.25, 0.3) is 0 Å². The monoisotopic (exact) mass is 428 g/mol. The Morgan fingerprint density at radius 1 is 0.935 bits per heavy atom.